The molecule has 1 aliphatic heterocycles. The third kappa shape index (κ3) is 4.31. The van der Waals surface area contributed by atoms with E-state index in [1.54, 1.807) is 25.1 Å². The van der Waals surface area contributed by atoms with Gasteiger partial charge in [-0.05, 0) is 57.9 Å². The highest BCUT2D eigenvalue weighted by Crippen LogP contribution is 2.26. The molecule has 1 amide bonds. The Bertz CT molecular complexity index is 827. The molecule has 0 aliphatic carbocycles. The fourth-order valence-corrected chi connectivity index (χ4v) is 3.35. The minimum absolute atomic E-state index is 0.00681. The van der Waals surface area contributed by atoms with Gasteiger partial charge in [0.2, 0.25) is 0 Å². The number of aromatic amines is 1. The number of ether oxygens (including phenoxy) is 1. The van der Waals surface area contributed by atoms with Crippen molar-refractivity contribution in [1.29, 1.82) is 0 Å². The van der Waals surface area contributed by atoms with Crippen LogP contribution in [0.4, 0.5) is 0 Å². The van der Waals surface area contributed by atoms with Gasteiger partial charge in [0.1, 0.15) is 11.6 Å². The van der Waals surface area contributed by atoms with Gasteiger partial charge in [-0.2, -0.15) is 0 Å². The molecule has 1 fully saturated rings. The summed E-state index contributed by atoms with van der Waals surface area (Å²) in [6, 6.07) is 8.81. The monoisotopic (exact) mass is 355 g/mol. The van der Waals surface area contributed by atoms with E-state index in [4.69, 9.17) is 4.74 Å². The Morgan fingerprint density at radius 1 is 1.31 bits per heavy atom. The molecule has 0 spiro atoms. The zero-order valence-electron chi connectivity index (χ0n) is 15.5. The van der Waals surface area contributed by atoms with Gasteiger partial charge < -0.3 is 14.6 Å². The first kappa shape index (κ1) is 18.2. The van der Waals surface area contributed by atoms with E-state index in [2.05, 4.69) is 9.97 Å². The van der Waals surface area contributed by atoms with Crippen molar-refractivity contribution < 1.29 is 9.53 Å². The highest BCUT2D eigenvalue weighted by Gasteiger charge is 2.26. The Hall–Kier alpha value is -2.63. The van der Waals surface area contributed by atoms with Crippen molar-refractivity contribution in [2.24, 2.45) is 0 Å². The molecule has 0 bridgehead atoms. The normalized spacial score (nSPS) is 17.4. The summed E-state index contributed by atoms with van der Waals surface area (Å²) in [5, 5.41) is 0. The van der Waals surface area contributed by atoms with Gasteiger partial charge >= 0.3 is 0 Å². The van der Waals surface area contributed by atoms with Gasteiger partial charge in [-0.25, -0.2) is 4.98 Å². The molecule has 1 atom stereocenters. The molecule has 26 heavy (non-hydrogen) atoms. The average molecular weight is 355 g/mol. The predicted octanol–water partition coefficient (Wildman–Crippen LogP) is 2.89. The van der Waals surface area contributed by atoms with Crippen molar-refractivity contribution >= 4 is 5.91 Å². The lowest BCUT2D eigenvalue weighted by Gasteiger charge is -2.32. The van der Waals surface area contributed by atoms with Crippen LogP contribution in [0, 0.1) is 6.92 Å². The summed E-state index contributed by atoms with van der Waals surface area (Å²) in [6.07, 6.45) is 1.93. The highest BCUT2D eigenvalue weighted by atomic mass is 16.5. The van der Waals surface area contributed by atoms with Gasteiger partial charge in [0.25, 0.3) is 11.5 Å². The van der Waals surface area contributed by atoms with Crippen molar-refractivity contribution in [3.05, 3.63) is 57.8 Å². The maximum atomic E-state index is 12.8. The first-order valence-corrected chi connectivity index (χ1v) is 9.06. The quantitative estimate of drug-likeness (QED) is 0.915. The van der Waals surface area contributed by atoms with Crippen LogP contribution in [0.25, 0.3) is 0 Å². The molecule has 0 unspecified atom stereocenters. The molecule has 2 heterocycles. The molecule has 1 saturated heterocycles. The van der Waals surface area contributed by atoms with Crippen LogP contribution < -0.4 is 10.3 Å². The summed E-state index contributed by atoms with van der Waals surface area (Å²) in [6.45, 7) is 7.02. The smallest absolute Gasteiger partial charge is 0.253 e. The van der Waals surface area contributed by atoms with Crippen molar-refractivity contribution in [3.63, 3.8) is 0 Å². The van der Waals surface area contributed by atoms with Gasteiger partial charge in [-0.3, -0.25) is 9.59 Å². The van der Waals surface area contributed by atoms with Gasteiger partial charge in [-0.15, -0.1) is 0 Å². The number of likely N-dealkylation sites (tertiary alicyclic amines) is 1. The first-order valence-electron chi connectivity index (χ1n) is 9.06. The number of nitrogens with zero attached hydrogens (tertiary/aromatic N) is 2. The fraction of sp³-hybridized carbons (Fsp3) is 0.450. The van der Waals surface area contributed by atoms with E-state index >= 15 is 0 Å². The summed E-state index contributed by atoms with van der Waals surface area (Å²) < 4.78 is 5.63. The van der Waals surface area contributed by atoms with Gasteiger partial charge in [0.05, 0.1) is 11.8 Å². The Kier molecular flexibility index (Phi) is 5.40. The average Bonchev–Trinajstić information content (AvgIpc) is 2.60. The number of nitrogens with one attached hydrogen (secondary N) is 1. The second kappa shape index (κ2) is 7.72. The Morgan fingerprint density at radius 2 is 2.04 bits per heavy atom. The van der Waals surface area contributed by atoms with Crippen LogP contribution in [0.3, 0.4) is 0 Å². The van der Waals surface area contributed by atoms with E-state index < -0.39 is 0 Å². The van der Waals surface area contributed by atoms with Crippen LogP contribution in [-0.2, 0) is 0 Å². The van der Waals surface area contributed by atoms with Gasteiger partial charge in [0, 0.05) is 30.6 Å². The summed E-state index contributed by atoms with van der Waals surface area (Å²) in [5.41, 5.74) is 1.28. The lowest BCUT2D eigenvalue weighted by Crippen LogP contribution is -2.39. The Morgan fingerprint density at radius 3 is 2.69 bits per heavy atom. The Labute approximate surface area is 153 Å². The summed E-state index contributed by atoms with van der Waals surface area (Å²) >= 11 is 0. The molecule has 138 valence electrons. The number of carbonyl (C=O) groups is 1. The number of amides is 1. The molecule has 0 radical (unpaired) electrons. The number of hydrogen-bond acceptors (Lipinski definition) is 4. The standard InChI is InChI=1S/C20H25N3O3/c1-13(2)26-17-8-6-15(7-9-17)20(25)23-10-4-5-16(12-23)18-11-19(24)22-14(3)21-18/h6-9,11,13,16H,4-5,10,12H2,1-3H3,(H,21,22,24)/t16-/m1/s1. The molecule has 1 aliphatic rings. The van der Waals surface area contributed by atoms with Crippen LogP contribution in [-0.4, -0.2) is 40.0 Å². The van der Waals surface area contributed by atoms with Crippen LogP contribution >= 0.6 is 0 Å². The number of aromatic nitrogens is 2. The van der Waals surface area contributed by atoms with E-state index in [1.165, 1.54) is 0 Å². The maximum absolute atomic E-state index is 12.8. The lowest BCUT2D eigenvalue weighted by atomic mass is 9.94. The second-order valence-corrected chi connectivity index (χ2v) is 7.04. The molecule has 2 aromatic rings. The number of aryl methyl sites for hydroxylation is 1. The Balaban J connectivity index is 1.72. The van der Waals surface area contributed by atoms with E-state index in [0.717, 1.165) is 30.8 Å². The zero-order valence-corrected chi connectivity index (χ0v) is 15.5. The van der Waals surface area contributed by atoms with Crippen molar-refractivity contribution in [1.82, 2.24) is 14.9 Å². The predicted molar refractivity (Wildman–Crippen MR) is 99.7 cm³/mol. The molecule has 1 N–H and O–H groups in total. The minimum Gasteiger partial charge on any atom is -0.491 e. The lowest BCUT2D eigenvalue weighted by molar-refractivity contribution is 0.0706. The number of H-pyrrole nitrogens is 1. The molecule has 3 rings (SSSR count). The van der Waals surface area contributed by atoms with E-state index in [0.29, 0.717) is 17.9 Å². The second-order valence-electron chi connectivity index (χ2n) is 7.04. The third-order valence-electron chi connectivity index (χ3n) is 4.48. The van der Waals surface area contributed by atoms with Crippen LogP contribution in [0.15, 0.2) is 35.1 Å². The van der Waals surface area contributed by atoms with Crippen LogP contribution in [0.2, 0.25) is 0 Å². The summed E-state index contributed by atoms with van der Waals surface area (Å²) in [4.78, 5) is 33.5. The summed E-state index contributed by atoms with van der Waals surface area (Å²) in [7, 11) is 0. The maximum Gasteiger partial charge on any atom is 0.253 e. The number of hydrogen-bond donors (Lipinski definition) is 1. The number of carbonyl (C=O) groups excluding carboxylic acids is 1. The van der Waals surface area contributed by atoms with Gasteiger partial charge in [0.15, 0.2) is 0 Å². The number of piperidine rings is 1. The minimum atomic E-state index is -0.142. The highest BCUT2D eigenvalue weighted by molar-refractivity contribution is 5.94. The zero-order chi connectivity index (χ0) is 18.7. The largest absolute Gasteiger partial charge is 0.491 e. The number of benzene rings is 1. The number of rotatable bonds is 4. The molecule has 1 aromatic heterocycles. The van der Waals surface area contributed by atoms with Crippen molar-refractivity contribution in [3.8, 4) is 5.75 Å². The van der Waals surface area contributed by atoms with E-state index in [1.807, 2.05) is 30.9 Å². The van der Waals surface area contributed by atoms with E-state index in [9.17, 15) is 9.59 Å². The van der Waals surface area contributed by atoms with Gasteiger partial charge in [-0.1, -0.05) is 0 Å². The molecular formula is C20H25N3O3. The molecule has 1 aromatic carbocycles. The van der Waals surface area contributed by atoms with Crippen LogP contribution in [0.1, 0.15) is 54.5 Å². The van der Waals surface area contributed by atoms with Crippen molar-refractivity contribution in [2.75, 3.05) is 13.1 Å². The van der Waals surface area contributed by atoms with Crippen LogP contribution in [0.5, 0.6) is 5.75 Å². The SMILES string of the molecule is Cc1nc([C@@H]2CCCN(C(=O)c3ccc(OC(C)C)cc3)C2)cc(=O)[nH]1. The molecule has 0 saturated carbocycles. The first-order chi connectivity index (χ1) is 12.4. The van der Waals surface area contributed by atoms with E-state index in [-0.39, 0.29) is 23.5 Å². The van der Waals surface area contributed by atoms with Crippen molar-refractivity contribution in [2.45, 2.75) is 45.6 Å². The fourth-order valence-electron chi connectivity index (χ4n) is 3.35. The third-order valence-corrected chi connectivity index (χ3v) is 4.48. The molecule has 6 nitrogen and oxygen atoms in total. The topological polar surface area (TPSA) is 75.3 Å². The molecular weight excluding hydrogens is 330 g/mol. The summed E-state index contributed by atoms with van der Waals surface area (Å²) in [5.74, 6) is 1.47. The molecule has 6 heteroatoms.